The van der Waals surface area contributed by atoms with Crippen LogP contribution in [0, 0.1) is 5.92 Å². The molecule has 6 nitrogen and oxygen atoms in total. The first-order valence-corrected chi connectivity index (χ1v) is 9.47. The zero-order valence-corrected chi connectivity index (χ0v) is 16.0. The molecule has 0 unspecified atom stereocenters. The number of halogens is 1. The van der Waals surface area contributed by atoms with E-state index in [4.69, 9.17) is 16.3 Å². The number of ether oxygens (including phenoxy) is 1. The number of rotatable bonds is 5. The van der Waals surface area contributed by atoms with Crippen LogP contribution in [-0.4, -0.2) is 42.4 Å². The Labute approximate surface area is 168 Å². The van der Waals surface area contributed by atoms with Crippen LogP contribution in [0.2, 0.25) is 5.02 Å². The summed E-state index contributed by atoms with van der Waals surface area (Å²) in [7, 11) is 0. The lowest BCUT2D eigenvalue weighted by atomic mass is 9.97. The van der Waals surface area contributed by atoms with Crippen LogP contribution in [0.4, 0.5) is 10.5 Å². The highest BCUT2D eigenvalue weighted by Gasteiger charge is 2.28. The van der Waals surface area contributed by atoms with Crippen molar-refractivity contribution in [3.05, 3.63) is 65.2 Å². The molecule has 0 spiro atoms. The number of nitrogens with zero attached hydrogens (tertiary/aromatic N) is 1. The van der Waals surface area contributed by atoms with Crippen molar-refractivity contribution >= 4 is 35.1 Å². The van der Waals surface area contributed by atoms with Gasteiger partial charge in [-0.3, -0.25) is 9.59 Å². The van der Waals surface area contributed by atoms with Crippen LogP contribution in [0.1, 0.15) is 23.2 Å². The molecule has 1 aliphatic rings. The van der Waals surface area contributed by atoms with Crippen LogP contribution >= 0.6 is 11.6 Å². The lowest BCUT2D eigenvalue weighted by molar-refractivity contribution is -0.148. The van der Waals surface area contributed by atoms with Crippen molar-refractivity contribution in [3.63, 3.8) is 0 Å². The molecule has 0 aliphatic carbocycles. The van der Waals surface area contributed by atoms with Crippen LogP contribution in [0.5, 0.6) is 0 Å². The molecule has 0 radical (unpaired) electrons. The normalized spacial score (nSPS) is 14.4. The minimum absolute atomic E-state index is 0.184. The van der Waals surface area contributed by atoms with Crippen LogP contribution < -0.4 is 5.32 Å². The quantitative estimate of drug-likeness (QED) is 0.607. The zero-order chi connectivity index (χ0) is 19.9. The smallest absolute Gasteiger partial charge is 0.321 e. The molecule has 0 aromatic heterocycles. The number of hydrogen-bond donors (Lipinski definition) is 1. The topological polar surface area (TPSA) is 75.7 Å². The molecule has 1 N–H and O–H groups in total. The summed E-state index contributed by atoms with van der Waals surface area (Å²) in [5, 5.41) is 3.37. The fourth-order valence-corrected chi connectivity index (χ4v) is 3.14. The maximum atomic E-state index is 12.3. The molecule has 2 aromatic carbocycles. The van der Waals surface area contributed by atoms with E-state index in [1.165, 1.54) is 0 Å². The zero-order valence-electron chi connectivity index (χ0n) is 15.3. The van der Waals surface area contributed by atoms with E-state index in [0.717, 1.165) is 5.69 Å². The van der Waals surface area contributed by atoms with Crippen molar-refractivity contribution in [1.82, 2.24) is 4.90 Å². The number of anilines is 1. The molecule has 1 heterocycles. The summed E-state index contributed by atoms with van der Waals surface area (Å²) in [6, 6.07) is 15.5. The number of likely N-dealkylation sites (tertiary alicyclic amines) is 1. The SMILES string of the molecule is O=C(COC(=O)C1CCN(C(=O)Nc2ccccc2)CC1)c1ccc(Cl)cc1. The monoisotopic (exact) mass is 400 g/mol. The third kappa shape index (κ3) is 5.33. The summed E-state index contributed by atoms with van der Waals surface area (Å²) in [4.78, 5) is 38.3. The summed E-state index contributed by atoms with van der Waals surface area (Å²) in [6.07, 6.45) is 1.02. The summed E-state index contributed by atoms with van der Waals surface area (Å²) >= 11 is 5.80. The minimum atomic E-state index is -0.398. The van der Waals surface area contributed by atoms with Crippen LogP contribution in [0.25, 0.3) is 0 Å². The molecule has 2 amide bonds. The van der Waals surface area contributed by atoms with Gasteiger partial charge in [0.05, 0.1) is 5.92 Å². The Morgan fingerprint density at radius 1 is 1.00 bits per heavy atom. The summed E-state index contributed by atoms with van der Waals surface area (Å²) < 4.78 is 5.18. The van der Waals surface area contributed by atoms with E-state index >= 15 is 0 Å². The average Bonchev–Trinajstić information content (AvgIpc) is 2.73. The Kier molecular flexibility index (Phi) is 6.66. The van der Waals surface area contributed by atoms with Crippen LogP contribution in [0.15, 0.2) is 54.6 Å². The number of benzene rings is 2. The lowest BCUT2D eigenvalue weighted by Gasteiger charge is -2.30. The van der Waals surface area contributed by atoms with Crippen LogP contribution in [0.3, 0.4) is 0 Å². The Morgan fingerprint density at radius 2 is 1.64 bits per heavy atom. The predicted molar refractivity (Wildman–Crippen MR) is 106 cm³/mol. The highest BCUT2D eigenvalue weighted by atomic mass is 35.5. The number of carbonyl (C=O) groups is 3. The molecule has 0 atom stereocenters. The molecular weight excluding hydrogens is 380 g/mol. The van der Waals surface area contributed by atoms with Crippen molar-refractivity contribution in [3.8, 4) is 0 Å². The number of hydrogen-bond acceptors (Lipinski definition) is 4. The highest BCUT2D eigenvalue weighted by Crippen LogP contribution is 2.20. The summed E-state index contributed by atoms with van der Waals surface area (Å²) in [5.74, 6) is -0.978. The largest absolute Gasteiger partial charge is 0.457 e. The number of ketones is 1. The summed E-state index contributed by atoms with van der Waals surface area (Å²) in [5.41, 5.74) is 1.18. The van der Waals surface area contributed by atoms with E-state index in [0.29, 0.717) is 36.5 Å². The first-order chi connectivity index (χ1) is 13.5. The molecule has 28 heavy (non-hydrogen) atoms. The maximum absolute atomic E-state index is 12.3. The van der Waals surface area contributed by atoms with Crippen molar-refractivity contribution in [1.29, 1.82) is 0 Å². The number of urea groups is 1. The van der Waals surface area contributed by atoms with Gasteiger partial charge in [0, 0.05) is 29.4 Å². The van der Waals surface area contributed by atoms with Gasteiger partial charge in [0.25, 0.3) is 0 Å². The Balaban J connectivity index is 1.42. The molecule has 1 fully saturated rings. The second-order valence-electron chi connectivity index (χ2n) is 6.60. The second kappa shape index (κ2) is 9.37. The highest BCUT2D eigenvalue weighted by molar-refractivity contribution is 6.30. The molecule has 146 valence electrons. The average molecular weight is 401 g/mol. The number of Topliss-reactive ketones (excluding diaryl/α,β-unsaturated/α-hetero) is 1. The first-order valence-electron chi connectivity index (χ1n) is 9.09. The van der Waals surface area contributed by atoms with Gasteiger partial charge in [0.1, 0.15) is 0 Å². The van der Waals surface area contributed by atoms with Gasteiger partial charge in [-0.15, -0.1) is 0 Å². The van der Waals surface area contributed by atoms with E-state index < -0.39 is 5.97 Å². The third-order valence-electron chi connectivity index (χ3n) is 4.65. The Hall–Kier alpha value is -2.86. The van der Waals surface area contributed by atoms with Gasteiger partial charge < -0.3 is 15.0 Å². The van der Waals surface area contributed by atoms with Crippen molar-refractivity contribution < 1.29 is 19.1 Å². The Morgan fingerprint density at radius 3 is 2.29 bits per heavy atom. The number of nitrogens with one attached hydrogen (secondary N) is 1. The minimum Gasteiger partial charge on any atom is -0.457 e. The van der Waals surface area contributed by atoms with Gasteiger partial charge in [-0.05, 0) is 49.2 Å². The molecule has 0 saturated carbocycles. The van der Waals surface area contributed by atoms with Gasteiger partial charge in [-0.25, -0.2) is 4.79 Å². The van der Waals surface area contributed by atoms with Gasteiger partial charge in [0.2, 0.25) is 0 Å². The molecule has 1 aliphatic heterocycles. The standard InChI is InChI=1S/C21H21ClN2O4/c22-17-8-6-15(7-9-17)19(25)14-28-20(26)16-10-12-24(13-11-16)21(27)23-18-4-2-1-3-5-18/h1-9,16H,10-14H2,(H,23,27). The number of carbonyl (C=O) groups excluding carboxylic acids is 3. The van der Waals surface area contributed by atoms with Crippen molar-refractivity contribution in [2.45, 2.75) is 12.8 Å². The number of piperidine rings is 1. The molecule has 1 saturated heterocycles. The number of amides is 2. The lowest BCUT2D eigenvalue weighted by Crippen LogP contribution is -2.42. The Bertz CT molecular complexity index is 831. The number of esters is 1. The van der Waals surface area contributed by atoms with Gasteiger partial charge >= 0.3 is 12.0 Å². The van der Waals surface area contributed by atoms with E-state index in [1.54, 1.807) is 29.2 Å². The van der Waals surface area contributed by atoms with Crippen molar-refractivity contribution in [2.75, 3.05) is 25.0 Å². The van der Waals surface area contributed by atoms with E-state index in [-0.39, 0.29) is 24.3 Å². The van der Waals surface area contributed by atoms with Crippen molar-refractivity contribution in [2.24, 2.45) is 5.92 Å². The second-order valence-corrected chi connectivity index (χ2v) is 7.03. The molecule has 2 aromatic rings. The fraction of sp³-hybridized carbons (Fsp3) is 0.286. The van der Waals surface area contributed by atoms with E-state index in [9.17, 15) is 14.4 Å². The van der Waals surface area contributed by atoms with Crippen LogP contribution in [-0.2, 0) is 9.53 Å². The molecule has 3 rings (SSSR count). The summed E-state index contributed by atoms with van der Waals surface area (Å²) in [6.45, 7) is 0.627. The van der Waals surface area contributed by atoms with Gasteiger partial charge in [-0.2, -0.15) is 0 Å². The third-order valence-corrected chi connectivity index (χ3v) is 4.90. The molecule has 0 bridgehead atoms. The molecular formula is C21H21ClN2O4. The predicted octanol–water partition coefficient (Wildman–Crippen LogP) is 4.01. The van der Waals surface area contributed by atoms with E-state index in [2.05, 4.69) is 5.32 Å². The van der Waals surface area contributed by atoms with E-state index in [1.807, 2.05) is 30.3 Å². The van der Waals surface area contributed by atoms with Gasteiger partial charge in [-0.1, -0.05) is 29.8 Å². The molecule has 7 heteroatoms. The fourth-order valence-electron chi connectivity index (χ4n) is 3.02. The first kappa shape index (κ1) is 19.9. The maximum Gasteiger partial charge on any atom is 0.321 e. The number of para-hydroxylation sites is 1. The van der Waals surface area contributed by atoms with Gasteiger partial charge in [0.15, 0.2) is 12.4 Å².